The quantitative estimate of drug-likeness (QED) is 0.622. The summed E-state index contributed by atoms with van der Waals surface area (Å²) < 4.78 is 1.52. The summed E-state index contributed by atoms with van der Waals surface area (Å²) >= 11 is 1.41. The molecule has 1 aromatic carbocycles. The molecule has 0 aliphatic heterocycles. The third-order valence-corrected chi connectivity index (χ3v) is 3.07. The van der Waals surface area contributed by atoms with Crippen molar-refractivity contribution in [3.63, 3.8) is 0 Å². The number of thiazole rings is 1. The number of benzene rings is 1. The van der Waals surface area contributed by atoms with Crippen LogP contribution in [-0.4, -0.2) is 14.5 Å². The first-order valence-corrected chi connectivity index (χ1v) is 5.54. The van der Waals surface area contributed by atoms with E-state index in [4.69, 9.17) is 5.73 Å². The van der Waals surface area contributed by atoms with Gasteiger partial charge in [-0.3, -0.25) is 0 Å². The third-order valence-electron chi connectivity index (χ3n) is 2.32. The maximum absolute atomic E-state index is 11.8. The Morgan fingerprint density at radius 2 is 2.31 bits per heavy atom. The molecule has 16 heavy (non-hydrogen) atoms. The zero-order valence-corrected chi connectivity index (χ0v) is 8.99. The first kappa shape index (κ1) is 9.17. The van der Waals surface area contributed by atoms with Gasteiger partial charge in [0.05, 0.1) is 11.0 Å². The molecule has 0 bridgehead atoms. The highest BCUT2D eigenvalue weighted by Gasteiger charge is 2.10. The van der Waals surface area contributed by atoms with Crippen molar-refractivity contribution in [3.05, 3.63) is 40.3 Å². The van der Waals surface area contributed by atoms with Gasteiger partial charge in [-0.25, -0.2) is 14.3 Å². The number of imidazole rings is 1. The summed E-state index contributed by atoms with van der Waals surface area (Å²) in [5, 5.41) is 2.47. The molecule has 80 valence electrons. The number of H-pyrrole nitrogens is 1. The molecule has 0 aliphatic carbocycles. The topological polar surface area (TPSA) is 76.7 Å². The average molecular weight is 232 g/mol. The Morgan fingerprint density at radius 1 is 1.44 bits per heavy atom. The lowest BCUT2D eigenvalue weighted by molar-refractivity contribution is 0.998. The number of hydrogen-bond donors (Lipinski definition) is 2. The molecule has 5 nitrogen and oxygen atoms in total. The molecule has 0 radical (unpaired) electrons. The largest absolute Gasteiger partial charge is 0.399 e. The van der Waals surface area contributed by atoms with Gasteiger partial charge in [-0.2, -0.15) is 0 Å². The molecule has 0 amide bonds. The molecular formula is C10H8N4OS. The predicted molar refractivity (Wildman–Crippen MR) is 64.0 cm³/mol. The molecule has 2 heterocycles. The number of nitrogens with one attached hydrogen (secondary N) is 1. The maximum Gasteiger partial charge on any atom is 0.332 e. The second kappa shape index (κ2) is 3.21. The number of rotatable bonds is 1. The summed E-state index contributed by atoms with van der Waals surface area (Å²) in [5.41, 5.74) is 7.64. The van der Waals surface area contributed by atoms with Gasteiger partial charge in [-0.1, -0.05) is 0 Å². The fourth-order valence-electron chi connectivity index (χ4n) is 1.64. The van der Waals surface area contributed by atoms with E-state index in [0.717, 1.165) is 11.0 Å². The van der Waals surface area contributed by atoms with Gasteiger partial charge in [0.2, 0.25) is 0 Å². The van der Waals surface area contributed by atoms with E-state index in [2.05, 4.69) is 9.97 Å². The van der Waals surface area contributed by atoms with Crippen LogP contribution in [0.1, 0.15) is 0 Å². The monoisotopic (exact) mass is 232 g/mol. The number of hydrogen-bond acceptors (Lipinski definition) is 4. The van der Waals surface area contributed by atoms with Crippen LogP contribution in [0.3, 0.4) is 0 Å². The van der Waals surface area contributed by atoms with Gasteiger partial charge in [-0.05, 0) is 18.2 Å². The minimum atomic E-state index is -0.199. The van der Waals surface area contributed by atoms with Crippen molar-refractivity contribution >= 4 is 28.1 Å². The van der Waals surface area contributed by atoms with Crippen molar-refractivity contribution in [1.29, 1.82) is 0 Å². The minimum absolute atomic E-state index is 0.199. The molecule has 3 aromatic rings. The SMILES string of the molecule is Nc1ccc2[nH]c(=O)n(-c3nccs3)c2c1. The van der Waals surface area contributed by atoms with Crippen molar-refractivity contribution in [1.82, 2.24) is 14.5 Å². The zero-order valence-electron chi connectivity index (χ0n) is 8.18. The lowest BCUT2D eigenvalue weighted by Gasteiger charge is -1.98. The predicted octanol–water partition coefficient (Wildman–Crippen LogP) is 1.36. The number of nitrogen functional groups attached to an aromatic ring is 1. The molecule has 0 saturated carbocycles. The number of aromatic amines is 1. The summed E-state index contributed by atoms with van der Waals surface area (Å²) in [5.74, 6) is 0. The van der Waals surface area contributed by atoms with E-state index in [1.165, 1.54) is 15.9 Å². The van der Waals surface area contributed by atoms with Crippen molar-refractivity contribution in [2.75, 3.05) is 5.73 Å². The first-order valence-electron chi connectivity index (χ1n) is 4.66. The van der Waals surface area contributed by atoms with E-state index in [9.17, 15) is 4.79 Å². The number of nitrogens with zero attached hydrogens (tertiary/aromatic N) is 2. The van der Waals surface area contributed by atoms with Gasteiger partial charge >= 0.3 is 5.69 Å². The molecule has 0 unspecified atom stereocenters. The van der Waals surface area contributed by atoms with Crippen molar-refractivity contribution in [2.24, 2.45) is 0 Å². The summed E-state index contributed by atoms with van der Waals surface area (Å²) in [7, 11) is 0. The molecule has 0 fully saturated rings. The average Bonchev–Trinajstić information content (AvgIpc) is 2.83. The molecule has 6 heteroatoms. The molecule has 0 saturated heterocycles. The second-order valence-electron chi connectivity index (χ2n) is 3.36. The van der Waals surface area contributed by atoms with Crippen molar-refractivity contribution in [2.45, 2.75) is 0 Å². The van der Waals surface area contributed by atoms with E-state index in [1.807, 2.05) is 5.38 Å². The Labute approximate surface area is 94.2 Å². The standard InChI is InChI=1S/C10H8N4OS/c11-6-1-2-7-8(5-6)14(9(15)13-7)10-12-3-4-16-10/h1-5H,11H2,(H,13,15). The molecule has 0 atom stereocenters. The lowest BCUT2D eigenvalue weighted by atomic mass is 10.3. The molecule has 3 N–H and O–H groups in total. The summed E-state index contributed by atoms with van der Waals surface area (Å²) in [6.45, 7) is 0. The fraction of sp³-hybridized carbons (Fsp3) is 0. The van der Waals surface area contributed by atoms with E-state index in [0.29, 0.717) is 10.8 Å². The number of anilines is 1. The summed E-state index contributed by atoms with van der Waals surface area (Å²) in [6, 6.07) is 5.30. The van der Waals surface area contributed by atoms with E-state index in [1.54, 1.807) is 24.4 Å². The Morgan fingerprint density at radius 3 is 3.06 bits per heavy atom. The van der Waals surface area contributed by atoms with Gasteiger partial charge < -0.3 is 10.7 Å². The van der Waals surface area contributed by atoms with Gasteiger partial charge in [0.15, 0.2) is 5.13 Å². The van der Waals surface area contributed by atoms with Gasteiger partial charge in [0.25, 0.3) is 0 Å². The minimum Gasteiger partial charge on any atom is -0.399 e. The van der Waals surface area contributed by atoms with Crippen molar-refractivity contribution in [3.8, 4) is 5.13 Å². The van der Waals surface area contributed by atoms with E-state index >= 15 is 0 Å². The smallest absolute Gasteiger partial charge is 0.332 e. The van der Waals surface area contributed by atoms with E-state index < -0.39 is 0 Å². The Bertz CT molecular complexity index is 695. The normalized spacial score (nSPS) is 11.0. The van der Waals surface area contributed by atoms with Crippen LogP contribution in [0.15, 0.2) is 34.6 Å². The van der Waals surface area contributed by atoms with Crippen LogP contribution < -0.4 is 11.4 Å². The molecular weight excluding hydrogens is 224 g/mol. The highest BCUT2D eigenvalue weighted by molar-refractivity contribution is 7.12. The van der Waals surface area contributed by atoms with Crippen LogP contribution in [0, 0.1) is 0 Å². The number of nitrogens with two attached hydrogens (primary N) is 1. The Balaban J connectivity index is 2.43. The highest BCUT2D eigenvalue weighted by atomic mass is 32.1. The molecule has 2 aromatic heterocycles. The fourth-order valence-corrected chi connectivity index (χ4v) is 2.29. The summed E-state index contributed by atoms with van der Waals surface area (Å²) in [6.07, 6.45) is 1.66. The van der Waals surface area contributed by atoms with Crippen LogP contribution in [0.2, 0.25) is 0 Å². The zero-order chi connectivity index (χ0) is 11.1. The van der Waals surface area contributed by atoms with Crippen LogP contribution in [-0.2, 0) is 0 Å². The third kappa shape index (κ3) is 1.24. The lowest BCUT2D eigenvalue weighted by Crippen LogP contribution is -2.14. The van der Waals surface area contributed by atoms with Crippen LogP contribution in [0.5, 0.6) is 0 Å². The molecule has 0 spiro atoms. The van der Waals surface area contributed by atoms with Gasteiger partial charge in [0.1, 0.15) is 0 Å². The first-order chi connectivity index (χ1) is 7.75. The Kier molecular flexibility index (Phi) is 1.84. The van der Waals surface area contributed by atoms with Crippen LogP contribution in [0.25, 0.3) is 16.2 Å². The second-order valence-corrected chi connectivity index (χ2v) is 4.23. The van der Waals surface area contributed by atoms with Gasteiger partial charge in [-0.15, -0.1) is 11.3 Å². The van der Waals surface area contributed by atoms with Crippen molar-refractivity contribution < 1.29 is 0 Å². The number of fused-ring (bicyclic) bond motifs is 1. The Hall–Kier alpha value is -2.08. The van der Waals surface area contributed by atoms with Gasteiger partial charge in [0, 0.05) is 17.3 Å². The molecule has 0 aliphatic rings. The summed E-state index contributed by atoms with van der Waals surface area (Å²) in [4.78, 5) is 18.7. The van der Waals surface area contributed by atoms with Crippen LogP contribution in [0.4, 0.5) is 5.69 Å². The maximum atomic E-state index is 11.8. The molecule has 3 rings (SSSR count). The van der Waals surface area contributed by atoms with E-state index in [-0.39, 0.29) is 5.69 Å². The highest BCUT2D eigenvalue weighted by Crippen LogP contribution is 2.19. The number of aromatic nitrogens is 3. The van der Waals surface area contributed by atoms with Crippen LogP contribution >= 0.6 is 11.3 Å².